The first-order valence-corrected chi connectivity index (χ1v) is 9.44. The Balaban J connectivity index is -0.0000000427. The minimum absolute atomic E-state index is 0. The van der Waals surface area contributed by atoms with Crippen molar-refractivity contribution in [2.45, 2.75) is 0 Å². The van der Waals surface area contributed by atoms with E-state index in [0.717, 1.165) is 0 Å². The summed E-state index contributed by atoms with van der Waals surface area (Å²) in [4.78, 5) is 4.88. The maximum Gasteiger partial charge on any atom is 2.00 e. The van der Waals surface area contributed by atoms with Crippen LogP contribution in [0.2, 0.25) is 0 Å². The van der Waals surface area contributed by atoms with Crippen LogP contribution in [0.3, 0.4) is 0 Å². The van der Waals surface area contributed by atoms with E-state index in [-0.39, 0.29) is 27.3 Å². The van der Waals surface area contributed by atoms with Gasteiger partial charge in [0.05, 0.1) is 0 Å². The van der Waals surface area contributed by atoms with E-state index in [1.54, 1.807) is 14.6 Å². The van der Waals surface area contributed by atoms with Crippen LogP contribution in [-0.4, -0.2) is 38.9 Å². The number of hydrogen-bond donors (Lipinski definition) is 0. The second-order valence-corrected chi connectivity index (χ2v) is 6.36. The van der Waals surface area contributed by atoms with Crippen LogP contribution in [0.15, 0.2) is 0 Å². The second kappa shape index (κ2) is 46.3. The van der Waals surface area contributed by atoms with Gasteiger partial charge in [0.15, 0.2) is 0 Å². The van der Waals surface area contributed by atoms with Gasteiger partial charge in [-0.25, -0.2) is 0 Å². The first-order chi connectivity index (χ1) is 7.76. The molecule has 0 aliphatic heterocycles. The van der Waals surface area contributed by atoms with E-state index in [1.807, 2.05) is 7.26 Å². The van der Waals surface area contributed by atoms with Crippen molar-refractivity contribution in [3.63, 3.8) is 0 Å². The van der Waals surface area contributed by atoms with E-state index in [4.69, 9.17) is 50.0 Å². The van der Waals surface area contributed by atoms with E-state index < -0.39 is 38.9 Å². The predicted octanol–water partition coefficient (Wildman–Crippen LogP) is -0.487. The van der Waals surface area contributed by atoms with Crippen LogP contribution in [0.5, 0.6) is 0 Å². The SMILES string of the molecule is N#C[As](C#N)C#N.N#[C][Pb][C]#N.[C-]#N.[C-]#N.[Cd+2]. The molecule has 0 aliphatic carbocycles. The van der Waals surface area contributed by atoms with Crippen molar-refractivity contribution in [2.75, 3.05) is 0 Å². The first-order valence-electron chi connectivity index (χ1n) is 2.74. The maximum absolute atomic E-state index is 7.90. The Morgan fingerprint density at radius 1 is 0.706 bits per heavy atom. The van der Waals surface area contributed by atoms with Gasteiger partial charge in [-0.3, -0.25) is 0 Å². The third kappa shape index (κ3) is 52.3. The summed E-state index contributed by atoms with van der Waals surface area (Å²) in [5, 5.41) is 51.5. The molecule has 0 amide bonds. The van der Waals surface area contributed by atoms with Crippen molar-refractivity contribution >= 4 is 38.9 Å². The van der Waals surface area contributed by atoms with E-state index in [9.17, 15) is 0 Å². The van der Waals surface area contributed by atoms with Crippen LogP contribution in [0.25, 0.3) is 0 Å². The Hall–Kier alpha value is -1.17. The molecule has 0 atom stereocenters. The Kier molecular flexibility index (Phi) is 80.8. The second-order valence-electron chi connectivity index (χ2n) is 0.984. The van der Waals surface area contributed by atoms with Gasteiger partial charge in [0.1, 0.15) is 0 Å². The van der Waals surface area contributed by atoms with E-state index >= 15 is 0 Å². The van der Waals surface area contributed by atoms with Crippen molar-refractivity contribution in [3.8, 4) is 21.8 Å². The molecule has 2 radical (unpaired) electrons. The Morgan fingerprint density at radius 2 is 0.941 bits per heavy atom. The molecule has 0 spiro atoms. The normalized spacial score (nSPS) is 4.00. The molecule has 0 rings (SSSR count). The first kappa shape index (κ1) is 29.7. The molecule has 0 heterocycles. The zero-order chi connectivity index (χ0) is 13.8. The summed E-state index contributed by atoms with van der Waals surface area (Å²) in [6.07, 6.45) is 0. The molecule has 17 heavy (non-hydrogen) atoms. The standard InChI is InChI=1S/C3AsN3.4CN.Cd.Pb/c5-1-4(2-6)3-7;4*1-2;;/q;;;2*-1;+2;. The van der Waals surface area contributed by atoms with Gasteiger partial charge in [0.2, 0.25) is 0 Å². The molecule has 0 fully saturated rings. The third-order valence-corrected chi connectivity index (χ3v) is 2.54. The topological polar surface area (TPSA) is 167 Å². The zero-order valence-corrected chi connectivity index (χ0v) is 18.1. The minimum Gasteiger partial charge on any atom is -0.512 e. The van der Waals surface area contributed by atoms with Gasteiger partial charge in [-0.1, -0.05) is 0 Å². The maximum atomic E-state index is 7.90. The number of hydrogen-bond acceptors (Lipinski definition) is 7. The molecule has 74 valence electrons. The average molecular weight is 577 g/mol. The predicted molar refractivity (Wildman–Crippen MR) is 49.5 cm³/mol. The zero-order valence-electron chi connectivity index (χ0n) is 8.28. The van der Waals surface area contributed by atoms with Crippen LogP contribution in [0.4, 0.5) is 0 Å². The number of nitrogens with zero attached hydrogens (tertiary/aromatic N) is 7. The van der Waals surface area contributed by atoms with Crippen LogP contribution < -0.4 is 0 Å². The average Bonchev–Trinajstić information content (AvgIpc) is 2.38. The van der Waals surface area contributed by atoms with Gasteiger partial charge in [-0.15, -0.1) is 0 Å². The van der Waals surface area contributed by atoms with Gasteiger partial charge in [0.25, 0.3) is 0 Å². The molecule has 0 saturated heterocycles. The molecule has 0 N–H and O–H groups in total. The third-order valence-electron chi connectivity index (χ3n) is 0.412. The summed E-state index contributed by atoms with van der Waals surface area (Å²) < 4.78 is 3.70. The molecule has 0 aromatic heterocycles. The summed E-state index contributed by atoms with van der Waals surface area (Å²) in [6, 6.07) is 0. The summed E-state index contributed by atoms with van der Waals surface area (Å²) in [5.74, 6) is 0. The van der Waals surface area contributed by atoms with E-state index in [2.05, 4.69) is 0 Å². The molecule has 10 heteroatoms. The molecule has 0 bridgehead atoms. The number of nitriles is 5. The fourth-order valence-corrected chi connectivity index (χ4v) is 0.568. The van der Waals surface area contributed by atoms with Crippen LogP contribution in [0, 0.1) is 71.8 Å². The Morgan fingerprint density at radius 3 is 0.941 bits per heavy atom. The van der Waals surface area contributed by atoms with Crippen molar-refractivity contribution in [1.29, 1.82) is 36.8 Å². The Labute approximate surface area is 136 Å². The van der Waals surface area contributed by atoms with E-state index in [0.29, 0.717) is 0 Å². The van der Waals surface area contributed by atoms with Crippen molar-refractivity contribution in [3.05, 3.63) is 13.1 Å². The smallest absolute Gasteiger partial charge is 0.512 e. The molecule has 7 nitrogen and oxygen atoms in total. The fraction of sp³-hybridized carbons (Fsp3) is 0. The monoisotopic (exact) mass is 579 g/mol. The Bertz CT molecular complexity index is 348. The fourth-order valence-electron chi connectivity index (χ4n) is 0.0921. The van der Waals surface area contributed by atoms with Crippen LogP contribution >= 0.6 is 0 Å². The largest absolute Gasteiger partial charge is 2.00 e. The molecular weight excluding hydrogens is 577 g/mol. The van der Waals surface area contributed by atoms with Crippen molar-refractivity contribution in [2.24, 2.45) is 0 Å². The van der Waals surface area contributed by atoms with E-state index in [1.165, 1.54) is 0 Å². The minimum atomic E-state index is -2.31. The van der Waals surface area contributed by atoms with Gasteiger partial charge in [0, 0.05) is 0 Å². The van der Waals surface area contributed by atoms with Crippen LogP contribution in [-0.2, 0) is 27.3 Å². The summed E-state index contributed by atoms with van der Waals surface area (Å²) >= 11 is -3.65. The molecule has 0 aliphatic rings. The van der Waals surface area contributed by atoms with Gasteiger partial charge in [-0.2, -0.15) is 0 Å². The summed E-state index contributed by atoms with van der Waals surface area (Å²) in [7, 11) is 0. The van der Waals surface area contributed by atoms with Crippen LogP contribution in [0.1, 0.15) is 0 Å². The van der Waals surface area contributed by atoms with Gasteiger partial charge in [-0.05, 0) is 0 Å². The van der Waals surface area contributed by atoms with Crippen molar-refractivity contribution < 1.29 is 27.3 Å². The number of rotatable bonds is 0. The van der Waals surface area contributed by atoms with Crippen molar-refractivity contribution in [1.82, 2.24) is 0 Å². The summed E-state index contributed by atoms with van der Waals surface area (Å²) in [5.41, 5.74) is 0. The summed E-state index contributed by atoms with van der Waals surface area (Å²) in [6.45, 7) is 9.50. The molecule has 0 saturated carbocycles. The quantitative estimate of drug-likeness (QED) is 0.277. The molecule has 0 unspecified atom stereocenters. The molecule has 0 aromatic rings. The van der Waals surface area contributed by atoms with Gasteiger partial charge >= 0.3 is 114 Å². The molecule has 0 aromatic carbocycles. The van der Waals surface area contributed by atoms with Gasteiger partial charge < -0.3 is 23.7 Å². The molecular formula is C7AsCdN7Pb.